The second-order valence-electron chi connectivity index (χ2n) is 11.5. The summed E-state index contributed by atoms with van der Waals surface area (Å²) >= 11 is 1.53. The van der Waals surface area contributed by atoms with E-state index in [1.807, 2.05) is 77.7 Å². The molecule has 9 heteroatoms. The van der Waals surface area contributed by atoms with Gasteiger partial charge >= 0.3 is 6.18 Å². The van der Waals surface area contributed by atoms with Crippen LogP contribution in [0.1, 0.15) is 33.4 Å². The second-order valence-corrected chi connectivity index (χ2v) is 12.4. The fraction of sp³-hybridized carbons (Fsp3) is 0.184. The minimum atomic E-state index is -4.45. The van der Waals surface area contributed by atoms with Crippen LogP contribution >= 0.6 is 11.3 Å². The van der Waals surface area contributed by atoms with Gasteiger partial charge in [-0.2, -0.15) is 13.2 Å². The van der Waals surface area contributed by atoms with Gasteiger partial charge in [0.1, 0.15) is 6.04 Å². The van der Waals surface area contributed by atoms with E-state index in [1.54, 1.807) is 16.6 Å². The van der Waals surface area contributed by atoms with E-state index in [4.69, 9.17) is 0 Å². The summed E-state index contributed by atoms with van der Waals surface area (Å²) in [5.41, 5.74) is 6.50. The molecule has 5 aromatic rings. The molecule has 1 aliphatic heterocycles. The van der Waals surface area contributed by atoms with Gasteiger partial charge < -0.3 is 9.80 Å². The van der Waals surface area contributed by atoms with E-state index < -0.39 is 23.7 Å². The van der Waals surface area contributed by atoms with Crippen molar-refractivity contribution in [3.63, 3.8) is 0 Å². The highest BCUT2D eigenvalue weighted by molar-refractivity contribution is 7.13. The maximum Gasteiger partial charge on any atom is 0.416 e. The molecule has 0 unspecified atom stereocenters. The maximum absolute atomic E-state index is 14.5. The second kappa shape index (κ2) is 14.2. The van der Waals surface area contributed by atoms with Crippen molar-refractivity contribution in [2.45, 2.75) is 38.1 Å². The summed E-state index contributed by atoms with van der Waals surface area (Å²) in [5.74, 6) is -0.566. The Morgan fingerprint density at radius 2 is 1.57 bits per heavy atom. The highest BCUT2D eigenvalue weighted by atomic mass is 32.1. The monoisotopic (exact) mass is 651 g/mol. The molecular weight excluding hydrogens is 619 g/mol. The number of nitrogens with zero attached hydrogens (tertiary/aromatic N) is 3. The molecule has 0 saturated carbocycles. The topological polar surface area (TPSA) is 53.5 Å². The van der Waals surface area contributed by atoms with Gasteiger partial charge in [-0.25, -0.2) is 0 Å². The van der Waals surface area contributed by atoms with Crippen LogP contribution in [0.15, 0.2) is 121 Å². The number of aromatic nitrogens is 1. The van der Waals surface area contributed by atoms with Crippen molar-refractivity contribution >= 4 is 29.2 Å². The average molecular weight is 652 g/mol. The first-order valence-electron chi connectivity index (χ1n) is 15.3. The fourth-order valence-electron chi connectivity index (χ4n) is 5.78. The van der Waals surface area contributed by atoms with E-state index in [-0.39, 0.29) is 12.5 Å². The molecular formula is C38H32F3N3O2S. The Balaban J connectivity index is 1.33. The number of halogens is 3. The lowest BCUT2D eigenvalue weighted by molar-refractivity contribution is -0.144. The summed E-state index contributed by atoms with van der Waals surface area (Å²) in [7, 11) is 0. The largest absolute Gasteiger partial charge is 0.416 e. The molecule has 4 aromatic carbocycles. The molecule has 47 heavy (non-hydrogen) atoms. The van der Waals surface area contributed by atoms with Gasteiger partial charge in [0.2, 0.25) is 11.8 Å². The number of hydrogen-bond acceptors (Lipinski definition) is 4. The van der Waals surface area contributed by atoms with Gasteiger partial charge in [0.05, 0.1) is 16.0 Å². The summed E-state index contributed by atoms with van der Waals surface area (Å²) in [6, 6.07) is 29.3. The molecule has 1 aliphatic rings. The SMILES string of the molecule is O=C([C@H](Cc1ccccc1)N(Cc1ccc(-c2cncs2)cc1)C(=O)/C=C/c1ccc(C(F)(F)F)cc1)N1CCc2ccccc2C1. The molecule has 1 atom stereocenters. The minimum Gasteiger partial charge on any atom is -0.336 e. The molecule has 5 nitrogen and oxygen atoms in total. The molecule has 0 aliphatic carbocycles. The molecule has 2 amide bonds. The Kier molecular flexibility index (Phi) is 9.63. The van der Waals surface area contributed by atoms with Crippen molar-refractivity contribution in [2.24, 2.45) is 0 Å². The van der Waals surface area contributed by atoms with Crippen molar-refractivity contribution in [1.29, 1.82) is 0 Å². The average Bonchev–Trinajstić information content (AvgIpc) is 3.64. The summed E-state index contributed by atoms with van der Waals surface area (Å²) in [6.07, 6.45) is 1.20. The molecule has 0 bridgehead atoms. The van der Waals surface area contributed by atoms with Gasteiger partial charge in [0.25, 0.3) is 0 Å². The molecule has 2 heterocycles. The van der Waals surface area contributed by atoms with E-state index in [1.165, 1.54) is 41.2 Å². The van der Waals surface area contributed by atoms with Crippen molar-refractivity contribution in [1.82, 2.24) is 14.8 Å². The number of benzene rings is 4. The van der Waals surface area contributed by atoms with Crippen LogP contribution in [0.2, 0.25) is 0 Å². The number of carbonyl (C=O) groups excluding carboxylic acids is 2. The van der Waals surface area contributed by atoms with Crippen LogP contribution in [0.25, 0.3) is 16.5 Å². The molecule has 0 N–H and O–H groups in total. The van der Waals surface area contributed by atoms with Gasteiger partial charge in [-0.05, 0) is 58.0 Å². The molecule has 0 radical (unpaired) electrons. The van der Waals surface area contributed by atoms with E-state index in [9.17, 15) is 22.8 Å². The smallest absolute Gasteiger partial charge is 0.336 e. The van der Waals surface area contributed by atoms with Crippen LogP contribution in [-0.2, 0) is 41.7 Å². The van der Waals surface area contributed by atoms with Crippen molar-refractivity contribution in [3.05, 3.63) is 154 Å². The molecule has 0 spiro atoms. The van der Waals surface area contributed by atoms with Crippen LogP contribution in [0, 0.1) is 0 Å². The molecule has 0 saturated heterocycles. The molecule has 0 fully saturated rings. The predicted molar refractivity (Wildman–Crippen MR) is 178 cm³/mol. The van der Waals surface area contributed by atoms with E-state index in [2.05, 4.69) is 11.1 Å². The molecule has 1 aromatic heterocycles. The lowest BCUT2D eigenvalue weighted by Gasteiger charge is -2.37. The van der Waals surface area contributed by atoms with Crippen molar-refractivity contribution < 1.29 is 22.8 Å². The van der Waals surface area contributed by atoms with Gasteiger partial charge in [-0.15, -0.1) is 11.3 Å². The quantitative estimate of drug-likeness (QED) is 0.152. The zero-order chi connectivity index (χ0) is 32.8. The Morgan fingerprint density at radius 1 is 0.872 bits per heavy atom. The number of fused-ring (bicyclic) bond motifs is 1. The Bertz CT molecular complexity index is 1840. The van der Waals surface area contributed by atoms with Crippen LogP contribution in [0.5, 0.6) is 0 Å². The van der Waals surface area contributed by atoms with E-state index in [0.29, 0.717) is 25.1 Å². The number of rotatable bonds is 9. The van der Waals surface area contributed by atoms with Gasteiger partial charge in [0, 0.05) is 38.3 Å². The van der Waals surface area contributed by atoms with Crippen LogP contribution in [0.4, 0.5) is 13.2 Å². The van der Waals surface area contributed by atoms with Crippen LogP contribution < -0.4 is 0 Å². The Labute approximate surface area is 275 Å². The first-order valence-corrected chi connectivity index (χ1v) is 16.2. The van der Waals surface area contributed by atoms with Gasteiger partial charge in [-0.3, -0.25) is 14.6 Å². The third-order valence-electron chi connectivity index (χ3n) is 8.34. The maximum atomic E-state index is 14.5. The standard InChI is InChI=1S/C38H32F3N3O2S/c39-38(40,41)33-17-12-27(13-18-33)14-19-36(45)44(24-29-10-15-31(16-11-29)35-23-42-26-47-35)34(22-28-6-2-1-3-7-28)37(46)43-21-20-30-8-4-5-9-32(30)25-43/h1-19,23,26,34H,20-22,24-25H2/b19-14+/t34-/m0/s1. The predicted octanol–water partition coefficient (Wildman–Crippen LogP) is 8.07. The minimum absolute atomic E-state index is 0.152. The first-order chi connectivity index (χ1) is 22.7. The third kappa shape index (κ3) is 7.86. The summed E-state index contributed by atoms with van der Waals surface area (Å²) < 4.78 is 39.3. The zero-order valence-corrected chi connectivity index (χ0v) is 26.3. The Morgan fingerprint density at radius 3 is 2.26 bits per heavy atom. The van der Waals surface area contributed by atoms with E-state index in [0.717, 1.165) is 45.7 Å². The number of carbonyl (C=O) groups is 2. The van der Waals surface area contributed by atoms with Crippen molar-refractivity contribution in [2.75, 3.05) is 6.54 Å². The lowest BCUT2D eigenvalue weighted by atomic mass is 9.97. The number of thiazole rings is 1. The van der Waals surface area contributed by atoms with Gasteiger partial charge in [0.15, 0.2) is 0 Å². The van der Waals surface area contributed by atoms with Gasteiger partial charge in [-0.1, -0.05) is 91.0 Å². The van der Waals surface area contributed by atoms with Crippen LogP contribution in [0.3, 0.4) is 0 Å². The summed E-state index contributed by atoms with van der Waals surface area (Å²) in [6.45, 7) is 1.15. The lowest BCUT2D eigenvalue weighted by Crippen LogP contribution is -2.52. The summed E-state index contributed by atoms with van der Waals surface area (Å²) in [4.78, 5) is 37.1. The normalized spacial score (nSPS) is 13.7. The number of amides is 2. The van der Waals surface area contributed by atoms with E-state index >= 15 is 0 Å². The Hall–Kier alpha value is -5.02. The first kappa shape index (κ1) is 31.9. The highest BCUT2D eigenvalue weighted by Gasteiger charge is 2.34. The summed E-state index contributed by atoms with van der Waals surface area (Å²) in [5, 5.41) is 0. The van der Waals surface area contributed by atoms with Crippen molar-refractivity contribution in [3.8, 4) is 10.4 Å². The molecule has 238 valence electrons. The highest BCUT2D eigenvalue weighted by Crippen LogP contribution is 2.30. The molecule has 6 rings (SSSR count). The fourth-order valence-corrected chi connectivity index (χ4v) is 6.41. The number of alkyl halides is 3. The van der Waals surface area contributed by atoms with Crippen LogP contribution in [-0.4, -0.2) is 39.2 Å². The zero-order valence-electron chi connectivity index (χ0n) is 25.4. The third-order valence-corrected chi connectivity index (χ3v) is 9.16. The number of hydrogen-bond donors (Lipinski definition) is 0.